The van der Waals surface area contributed by atoms with Gasteiger partial charge in [0.15, 0.2) is 11.0 Å². The minimum Gasteiger partial charge on any atom is -0.318 e. The number of rotatable bonds is 5. The van der Waals surface area contributed by atoms with Crippen LogP contribution in [0, 0.1) is 0 Å². The van der Waals surface area contributed by atoms with Gasteiger partial charge in [0.1, 0.15) is 12.1 Å². The molecular weight excluding hydrogens is 416 g/mol. The van der Waals surface area contributed by atoms with Gasteiger partial charge in [0, 0.05) is 24.0 Å². The average molecular weight is 441 g/mol. The van der Waals surface area contributed by atoms with Gasteiger partial charge in [-0.2, -0.15) is 0 Å². The molecule has 1 aliphatic heterocycles. The van der Waals surface area contributed by atoms with E-state index in [4.69, 9.17) is 0 Å². The maximum absolute atomic E-state index is 13.2. The number of carbonyl (C=O) groups is 3. The molecule has 1 saturated heterocycles. The van der Waals surface area contributed by atoms with E-state index in [-0.39, 0.29) is 24.1 Å². The van der Waals surface area contributed by atoms with Crippen molar-refractivity contribution in [2.45, 2.75) is 61.7 Å². The van der Waals surface area contributed by atoms with Gasteiger partial charge in [-0.05, 0) is 37.8 Å². The third kappa shape index (κ3) is 3.73. The van der Waals surface area contributed by atoms with Crippen molar-refractivity contribution in [2.75, 3.05) is 12.3 Å². The maximum atomic E-state index is 13.2. The monoisotopic (exact) mass is 440 g/mol. The second kappa shape index (κ2) is 8.07. The molecule has 0 aromatic carbocycles. The van der Waals surface area contributed by atoms with E-state index in [1.54, 1.807) is 12.4 Å². The van der Waals surface area contributed by atoms with Crippen molar-refractivity contribution < 1.29 is 14.4 Å². The van der Waals surface area contributed by atoms with Gasteiger partial charge in [0.25, 0.3) is 5.91 Å². The number of thioether (sulfide) groups is 1. The Morgan fingerprint density at radius 2 is 1.87 bits per heavy atom. The highest BCUT2D eigenvalue weighted by Crippen LogP contribution is 2.41. The van der Waals surface area contributed by atoms with Crippen molar-refractivity contribution in [3.63, 3.8) is 0 Å². The van der Waals surface area contributed by atoms with Gasteiger partial charge in [0.2, 0.25) is 11.8 Å². The summed E-state index contributed by atoms with van der Waals surface area (Å²) in [6, 6.07) is 4.13. The third-order valence-corrected chi connectivity index (χ3v) is 7.24. The second-order valence-electron chi connectivity index (χ2n) is 8.38. The molecule has 3 amide bonds. The molecule has 1 N–H and O–H groups in total. The topological polar surface area (TPSA) is 110 Å². The fraction of sp³-hybridized carbons (Fsp3) is 0.524. The van der Waals surface area contributed by atoms with Gasteiger partial charge in [0.05, 0.1) is 5.75 Å². The largest absolute Gasteiger partial charge is 0.318 e. The Labute approximate surface area is 184 Å². The smallest absolute Gasteiger partial charge is 0.252 e. The zero-order chi connectivity index (χ0) is 21.4. The van der Waals surface area contributed by atoms with Crippen LogP contribution >= 0.6 is 11.8 Å². The Bertz CT molecular complexity index is 1010. The number of hydrogen-bond acceptors (Lipinski definition) is 7. The molecule has 3 aliphatic rings. The van der Waals surface area contributed by atoms with E-state index >= 15 is 0 Å². The fourth-order valence-corrected chi connectivity index (χ4v) is 5.48. The minimum absolute atomic E-state index is 0.0668. The number of hydrogen-bond donors (Lipinski definition) is 1. The number of amides is 3. The van der Waals surface area contributed by atoms with Crippen molar-refractivity contribution in [1.82, 2.24) is 30.0 Å². The molecule has 0 unspecified atom stereocenters. The molecule has 2 aromatic rings. The van der Waals surface area contributed by atoms with Crippen molar-refractivity contribution in [1.29, 1.82) is 0 Å². The molecule has 9 nitrogen and oxygen atoms in total. The van der Waals surface area contributed by atoms with Crippen molar-refractivity contribution in [3.8, 4) is 11.4 Å². The van der Waals surface area contributed by atoms with E-state index in [2.05, 4.69) is 25.1 Å². The lowest BCUT2D eigenvalue weighted by Gasteiger charge is -2.47. The number of imide groups is 1. The molecule has 31 heavy (non-hydrogen) atoms. The van der Waals surface area contributed by atoms with E-state index in [9.17, 15) is 14.4 Å². The first-order chi connectivity index (χ1) is 15.1. The SMILES string of the molecule is O=C1CN(C(=O)CSc2nnc(-c3ccncc3)n2C2CC2)C2(CCCCC2)C(=O)N1. The Hall–Kier alpha value is -2.75. The highest BCUT2D eigenvalue weighted by Gasteiger charge is 2.50. The summed E-state index contributed by atoms with van der Waals surface area (Å²) in [5.41, 5.74) is 0.0444. The van der Waals surface area contributed by atoms with Crippen molar-refractivity contribution >= 4 is 29.5 Å². The summed E-state index contributed by atoms with van der Waals surface area (Å²) in [7, 11) is 0. The molecule has 5 rings (SSSR count). The molecule has 0 atom stereocenters. The van der Waals surface area contributed by atoms with Crippen LogP contribution < -0.4 is 5.32 Å². The predicted octanol–water partition coefficient (Wildman–Crippen LogP) is 1.95. The quantitative estimate of drug-likeness (QED) is 0.559. The zero-order valence-corrected chi connectivity index (χ0v) is 17.9. The number of carbonyl (C=O) groups excluding carboxylic acids is 3. The maximum Gasteiger partial charge on any atom is 0.252 e. The lowest BCUT2D eigenvalue weighted by Crippen LogP contribution is -2.69. The van der Waals surface area contributed by atoms with Crippen LogP contribution in [0.5, 0.6) is 0 Å². The first-order valence-electron chi connectivity index (χ1n) is 10.7. The lowest BCUT2D eigenvalue weighted by atomic mass is 9.78. The minimum atomic E-state index is -0.893. The lowest BCUT2D eigenvalue weighted by molar-refractivity contribution is -0.158. The van der Waals surface area contributed by atoms with Crippen LogP contribution in [0.4, 0.5) is 0 Å². The highest BCUT2D eigenvalue weighted by molar-refractivity contribution is 7.99. The van der Waals surface area contributed by atoms with Gasteiger partial charge in [-0.15, -0.1) is 10.2 Å². The van der Waals surface area contributed by atoms with Gasteiger partial charge in [-0.1, -0.05) is 31.0 Å². The Kier molecular flexibility index (Phi) is 5.25. The van der Waals surface area contributed by atoms with Crippen LogP contribution in [-0.4, -0.2) is 60.2 Å². The van der Waals surface area contributed by atoms with Gasteiger partial charge >= 0.3 is 0 Å². The molecule has 1 spiro atoms. The van der Waals surface area contributed by atoms with E-state index in [1.165, 1.54) is 16.7 Å². The zero-order valence-electron chi connectivity index (χ0n) is 17.1. The number of nitrogens with zero attached hydrogens (tertiary/aromatic N) is 5. The van der Waals surface area contributed by atoms with Crippen molar-refractivity contribution in [2.24, 2.45) is 0 Å². The Balaban J connectivity index is 1.36. The molecule has 2 aromatic heterocycles. The van der Waals surface area contributed by atoms with Crippen molar-refractivity contribution in [3.05, 3.63) is 24.5 Å². The molecular formula is C21H24N6O3S. The van der Waals surface area contributed by atoms with Crippen LogP contribution in [0.2, 0.25) is 0 Å². The summed E-state index contributed by atoms with van der Waals surface area (Å²) in [6.07, 6.45) is 9.57. The van der Waals surface area contributed by atoms with Crippen LogP contribution in [0.25, 0.3) is 11.4 Å². The summed E-state index contributed by atoms with van der Waals surface area (Å²) in [6.45, 7) is -0.0668. The van der Waals surface area contributed by atoms with Crippen LogP contribution in [0.1, 0.15) is 51.0 Å². The first-order valence-corrected chi connectivity index (χ1v) is 11.7. The summed E-state index contributed by atoms with van der Waals surface area (Å²) in [5, 5.41) is 11.8. The molecule has 2 aliphatic carbocycles. The summed E-state index contributed by atoms with van der Waals surface area (Å²) in [5.74, 6) is -0.0608. The molecule has 3 fully saturated rings. The fourth-order valence-electron chi connectivity index (χ4n) is 4.60. The van der Waals surface area contributed by atoms with Gasteiger partial charge < -0.3 is 4.90 Å². The number of pyridine rings is 1. The molecule has 0 bridgehead atoms. The number of piperazine rings is 1. The summed E-state index contributed by atoms with van der Waals surface area (Å²) in [4.78, 5) is 43.5. The number of aromatic nitrogens is 4. The standard InChI is InChI=1S/C21H24N6O3S/c28-16-12-26(21(19(30)23-16)8-2-1-3-9-21)17(29)13-31-20-25-24-18(27(20)15-4-5-15)14-6-10-22-11-7-14/h6-7,10-11,15H,1-5,8-9,12-13H2,(H,23,28,30). The van der Waals surface area contributed by atoms with Gasteiger partial charge in [-0.3, -0.25) is 29.3 Å². The Morgan fingerprint density at radius 1 is 1.13 bits per heavy atom. The molecule has 3 heterocycles. The first kappa shape index (κ1) is 20.2. The van der Waals surface area contributed by atoms with E-state index in [1.807, 2.05) is 12.1 Å². The predicted molar refractivity (Wildman–Crippen MR) is 113 cm³/mol. The van der Waals surface area contributed by atoms with Gasteiger partial charge in [-0.25, -0.2) is 0 Å². The molecule has 2 saturated carbocycles. The second-order valence-corrected chi connectivity index (χ2v) is 9.32. The summed E-state index contributed by atoms with van der Waals surface area (Å²) >= 11 is 1.32. The summed E-state index contributed by atoms with van der Waals surface area (Å²) < 4.78 is 2.09. The van der Waals surface area contributed by atoms with E-state index in [0.29, 0.717) is 24.0 Å². The average Bonchev–Trinajstić information content (AvgIpc) is 3.54. The molecule has 10 heteroatoms. The van der Waals surface area contributed by atoms with Crippen LogP contribution in [0.15, 0.2) is 29.7 Å². The normalized spacial score (nSPS) is 20.7. The van der Waals surface area contributed by atoms with Crippen LogP contribution in [0.3, 0.4) is 0 Å². The molecule has 0 radical (unpaired) electrons. The third-order valence-electron chi connectivity index (χ3n) is 6.32. The Morgan fingerprint density at radius 3 is 2.58 bits per heavy atom. The highest BCUT2D eigenvalue weighted by atomic mass is 32.2. The molecule has 162 valence electrons. The number of nitrogens with one attached hydrogen (secondary N) is 1. The van der Waals surface area contributed by atoms with E-state index in [0.717, 1.165) is 43.5 Å². The van der Waals surface area contributed by atoms with E-state index < -0.39 is 11.4 Å². The van der Waals surface area contributed by atoms with Crippen LogP contribution in [-0.2, 0) is 14.4 Å².